The summed E-state index contributed by atoms with van der Waals surface area (Å²) in [5, 5.41) is 37.9. The van der Waals surface area contributed by atoms with Crippen molar-refractivity contribution in [3.05, 3.63) is 35.9 Å². The summed E-state index contributed by atoms with van der Waals surface area (Å²) in [5.41, 5.74) is 0.787. The highest BCUT2D eigenvalue weighted by molar-refractivity contribution is 5.94. The van der Waals surface area contributed by atoms with Crippen molar-refractivity contribution in [2.45, 2.75) is 82.8 Å². The number of rotatable bonds is 14. The number of aliphatic hydroxyl groups is 2. The highest BCUT2D eigenvalue weighted by Gasteiger charge is 2.41. The van der Waals surface area contributed by atoms with Crippen LogP contribution in [-0.2, 0) is 35.1 Å². The van der Waals surface area contributed by atoms with Crippen LogP contribution in [0.1, 0.15) is 45.6 Å². The van der Waals surface area contributed by atoms with E-state index >= 15 is 0 Å². The number of aliphatic hydroxyl groups excluding tert-OH is 2. The molecule has 0 radical (unpaired) electrons. The van der Waals surface area contributed by atoms with E-state index in [2.05, 4.69) is 26.4 Å². The van der Waals surface area contributed by atoms with Gasteiger partial charge in [-0.15, -0.1) is 0 Å². The van der Waals surface area contributed by atoms with Crippen LogP contribution < -0.4 is 21.3 Å². The summed E-state index contributed by atoms with van der Waals surface area (Å²) in [7, 11) is 1.32. The third-order valence-electron chi connectivity index (χ3n) is 7.81. The van der Waals surface area contributed by atoms with Crippen LogP contribution in [0.5, 0.6) is 0 Å². The second-order valence-corrected chi connectivity index (χ2v) is 11.5. The Morgan fingerprint density at radius 2 is 1.77 bits per heavy atom. The second-order valence-electron chi connectivity index (χ2n) is 11.5. The molecule has 7 unspecified atom stereocenters. The third kappa shape index (κ3) is 9.07. The van der Waals surface area contributed by atoms with E-state index in [4.69, 9.17) is 4.74 Å². The average Bonchev–Trinajstić information content (AvgIpc) is 3.42. The lowest BCUT2D eigenvalue weighted by Crippen LogP contribution is -2.61. The minimum atomic E-state index is -1.40. The lowest BCUT2D eigenvalue weighted by Gasteiger charge is -2.36. The molecule has 14 heteroatoms. The molecule has 1 fully saturated rings. The van der Waals surface area contributed by atoms with Gasteiger partial charge in [-0.2, -0.15) is 5.10 Å². The maximum absolute atomic E-state index is 13.8. The first-order valence-electron chi connectivity index (χ1n) is 14.9. The molecule has 6 N–H and O–H groups in total. The van der Waals surface area contributed by atoms with Gasteiger partial charge in [0.25, 0.3) is 5.91 Å². The largest absolute Gasteiger partial charge is 0.390 e. The zero-order chi connectivity index (χ0) is 32.4. The third-order valence-corrected chi connectivity index (χ3v) is 7.81. The Kier molecular flexibility index (Phi) is 12.8. The molecule has 242 valence electrons. The number of ether oxygens (including phenoxy) is 1. The Morgan fingerprint density at radius 1 is 1.07 bits per heavy atom. The van der Waals surface area contributed by atoms with Crippen LogP contribution in [0.3, 0.4) is 0 Å². The maximum Gasteiger partial charge on any atom is 0.268 e. The molecule has 0 saturated carbocycles. The number of benzene rings is 1. The van der Waals surface area contributed by atoms with Gasteiger partial charge >= 0.3 is 0 Å². The average molecular weight is 617 g/mol. The van der Waals surface area contributed by atoms with Gasteiger partial charge in [0, 0.05) is 19.9 Å². The van der Waals surface area contributed by atoms with Crippen molar-refractivity contribution in [2.75, 3.05) is 20.3 Å². The van der Waals surface area contributed by atoms with Crippen molar-refractivity contribution in [3.63, 3.8) is 0 Å². The van der Waals surface area contributed by atoms with E-state index in [9.17, 15) is 34.2 Å². The van der Waals surface area contributed by atoms with Gasteiger partial charge in [-0.1, -0.05) is 51.1 Å². The highest BCUT2D eigenvalue weighted by Crippen LogP contribution is 2.20. The zero-order valence-electron chi connectivity index (χ0n) is 25.6. The number of nitrogens with zero attached hydrogens (tertiary/aromatic N) is 2. The maximum atomic E-state index is 13.8. The van der Waals surface area contributed by atoms with Gasteiger partial charge in [-0.25, -0.2) is 5.01 Å². The van der Waals surface area contributed by atoms with Crippen LogP contribution >= 0.6 is 0 Å². The van der Waals surface area contributed by atoms with Crippen LogP contribution in [0.4, 0.5) is 0 Å². The van der Waals surface area contributed by atoms with E-state index in [1.165, 1.54) is 20.2 Å². The van der Waals surface area contributed by atoms with E-state index < -0.39 is 71.8 Å². The Balaban J connectivity index is 1.82. The minimum absolute atomic E-state index is 0.168. The van der Waals surface area contributed by atoms with Crippen LogP contribution in [0, 0.1) is 11.8 Å². The fourth-order valence-corrected chi connectivity index (χ4v) is 5.14. The molecule has 0 aromatic heterocycles. The van der Waals surface area contributed by atoms with Gasteiger partial charge in [0.2, 0.25) is 23.6 Å². The molecule has 14 nitrogen and oxygen atoms in total. The SMILES string of the molecule is COCC(=O)NC(C(=O)N1N=CCCC1C(=O)NC(Cc1ccccc1)C(O)C(C)C(=O)NC1CCNC1=O)C(O)C(C)C. The van der Waals surface area contributed by atoms with Gasteiger partial charge < -0.3 is 36.2 Å². The predicted molar refractivity (Wildman–Crippen MR) is 160 cm³/mol. The smallest absolute Gasteiger partial charge is 0.268 e. The molecule has 2 aliphatic heterocycles. The molecule has 3 rings (SSSR count). The molecular formula is C30H44N6O8. The summed E-state index contributed by atoms with van der Waals surface area (Å²) in [5.74, 6) is -4.28. The molecule has 1 aromatic carbocycles. The lowest BCUT2D eigenvalue weighted by atomic mass is 9.91. The van der Waals surface area contributed by atoms with Gasteiger partial charge in [0.05, 0.1) is 24.2 Å². The van der Waals surface area contributed by atoms with Crippen molar-refractivity contribution in [1.82, 2.24) is 26.3 Å². The number of carbonyl (C=O) groups excluding carboxylic acids is 5. The fraction of sp³-hybridized carbons (Fsp3) is 0.600. The minimum Gasteiger partial charge on any atom is -0.390 e. The van der Waals surface area contributed by atoms with Gasteiger partial charge in [0.15, 0.2) is 0 Å². The zero-order valence-corrected chi connectivity index (χ0v) is 25.6. The summed E-state index contributed by atoms with van der Waals surface area (Å²) in [6.07, 6.45) is 0.00606. The highest BCUT2D eigenvalue weighted by atomic mass is 16.5. The monoisotopic (exact) mass is 616 g/mol. The van der Waals surface area contributed by atoms with Gasteiger partial charge in [0.1, 0.15) is 24.7 Å². The number of hydrogen-bond donors (Lipinski definition) is 6. The predicted octanol–water partition coefficient (Wildman–Crippen LogP) is -1.16. The summed E-state index contributed by atoms with van der Waals surface area (Å²) in [6.45, 7) is 4.99. The van der Waals surface area contributed by atoms with E-state index in [0.717, 1.165) is 10.6 Å². The van der Waals surface area contributed by atoms with Crippen molar-refractivity contribution in [1.29, 1.82) is 0 Å². The molecule has 0 bridgehead atoms. The lowest BCUT2D eigenvalue weighted by molar-refractivity contribution is -0.148. The topological polar surface area (TPSA) is 199 Å². The van der Waals surface area contributed by atoms with Gasteiger partial charge in [-0.05, 0) is 37.2 Å². The van der Waals surface area contributed by atoms with Crippen LogP contribution in [0.25, 0.3) is 0 Å². The van der Waals surface area contributed by atoms with Crippen LogP contribution in [-0.4, -0.2) is 108 Å². The molecule has 2 aliphatic rings. The van der Waals surface area contributed by atoms with Crippen LogP contribution in [0.15, 0.2) is 35.4 Å². The quantitative estimate of drug-likeness (QED) is 0.150. The van der Waals surface area contributed by atoms with Crippen molar-refractivity contribution in [2.24, 2.45) is 16.9 Å². The normalized spacial score (nSPS) is 21.5. The number of hydrogen-bond acceptors (Lipinski definition) is 9. The van der Waals surface area contributed by atoms with E-state index in [1.54, 1.807) is 13.8 Å². The first-order valence-corrected chi connectivity index (χ1v) is 14.9. The fourth-order valence-electron chi connectivity index (χ4n) is 5.14. The molecule has 44 heavy (non-hydrogen) atoms. The van der Waals surface area contributed by atoms with Crippen molar-refractivity contribution < 1.29 is 38.9 Å². The first kappa shape index (κ1) is 34.6. The molecule has 7 atom stereocenters. The van der Waals surface area contributed by atoms with E-state index in [0.29, 0.717) is 19.4 Å². The summed E-state index contributed by atoms with van der Waals surface area (Å²) >= 11 is 0. The summed E-state index contributed by atoms with van der Waals surface area (Å²) in [4.78, 5) is 64.7. The Bertz CT molecular complexity index is 1200. The Hall–Kier alpha value is -3.88. The standard InChI is InChI=1S/C30H44N6O8/c1-17(2)25(38)24(35-23(37)16-44-4)30(43)36-22(11-8-13-32-36)29(42)34-21(15-19-9-6-5-7-10-19)26(39)18(3)27(40)33-20-12-14-31-28(20)41/h5-7,9-10,13,17-18,20-22,24-26,38-39H,8,11-12,14-16H2,1-4H3,(H,31,41)(H,33,40)(H,34,42)(H,35,37). The molecule has 5 amide bonds. The number of carbonyl (C=O) groups is 5. The summed E-state index contributed by atoms with van der Waals surface area (Å²) in [6, 6.07) is 4.92. The first-order chi connectivity index (χ1) is 20.9. The Labute approximate surface area is 257 Å². The second kappa shape index (κ2) is 16.3. The van der Waals surface area contributed by atoms with Gasteiger partial charge in [-0.3, -0.25) is 24.0 Å². The molecule has 1 saturated heterocycles. The van der Waals surface area contributed by atoms with Crippen molar-refractivity contribution >= 4 is 35.8 Å². The molecular weight excluding hydrogens is 572 g/mol. The summed E-state index contributed by atoms with van der Waals surface area (Å²) < 4.78 is 4.84. The van der Waals surface area contributed by atoms with Crippen molar-refractivity contribution in [3.8, 4) is 0 Å². The van der Waals surface area contributed by atoms with E-state index in [-0.39, 0.29) is 25.4 Å². The molecule has 1 aromatic rings. The van der Waals surface area contributed by atoms with Crippen LogP contribution in [0.2, 0.25) is 0 Å². The number of amides is 5. The number of hydrazone groups is 1. The molecule has 2 heterocycles. The molecule has 0 spiro atoms. The Morgan fingerprint density at radius 3 is 2.39 bits per heavy atom. The van der Waals surface area contributed by atoms with E-state index in [1.807, 2.05) is 30.3 Å². The number of nitrogens with one attached hydrogen (secondary N) is 4. The molecule has 0 aliphatic carbocycles. The number of methoxy groups -OCH3 is 1.